The van der Waals surface area contributed by atoms with E-state index in [9.17, 15) is 9.59 Å². The first-order valence-electron chi connectivity index (χ1n) is 5.05. The highest BCUT2D eigenvalue weighted by molar-refractivity contribution is 5.90. The van der Waals surface area contributed by atoms with Gasteiger partial charge in [-0.3, -0.25) is 10.1 Å². The van der Waals surface area contributed by atoms with Gasteiger partial charge in [-0.25, -0.2) is 9.48 Å². The van der Waals surface area contributed by atoms with Gasteiger partial charge in [-0.1, -0.05) is 0 Å². The van der Waals surface area contributed by atoms with Gasteiger partial charge >= 0.3 is 12.0 Å². The Bertz CT molecular complexity index is 415. The first kappa shape index (κ1) is 12.9. The molecule has 0 aliphatic carbocycles. The smallest absolute Gasteiger partial charge is 0.324 e. The van der Waals surface area contributed by atoms with E-state index in [0.717, 1.165) is 0 Å². The second kappa shape index (κ2) is 5.28. The highest BCUT2D eigenvalue weighted by Crippen LogP contribution is 2.04. The number of carbonyl (C=O) groups excluding carboxylic acids is 1. The van der Waals surface area contributed by atoms with Crippen molar-refractivity contribution < 1.29 is 14.7 Å². The fourth-order valence-corrected chi connectivity index (χ4v) is 1.21. The van der Waals surface area contributed by atoms with Gasteiger partial charge in [-0.2, -0.15) is 10.1 Å². The molecule has 0 unspecified atom stereocenters. The number of aliphatic carboxylic acids is 1. The fraction of sp³-hybridized carbons (Fsp3) is 0.556. The predicted octanol–water partition coefficient (Wildman–Crippen LogP) is 0.142. The Hall–Kier alpha value is -2.12. The van der Waals surface area contributed by atoms with Crippen LogP contribution in [0, 0.1) is 0 Å². The molecule has 0 saturated heterocycles. The lowest BCUT2D eigenvalue weighted by Crippen LogP contribution is -2.43. The van der Waals surface area contributed by atoms with E-state index in [2.05, 4.69) is 15.4 Å². The van der Waals surface area contributed by atoms with Crippen LogP contribution >= 0.6 is 0 Å². The topological polar surface area (TPSA) is 100 Å². The minimum Gasteiger partial charge on any atom is -0.480 e. The molecule has 17 heavy (non-hydrogen) atoms. The molecule has 8 nitrogen and oxygen atoms in total. The number of carbonyl (C=O) groups is 2. The Morgan fingerprint density at radius 2 is 2.24 bits per heavy atom. The van der Waals surface area contributed by atoms with Crippen LogP contribution in [0.4, 0.5) is 10.7 Å². The van der Waals surface area contributed by atoms with Crippen molar-refractivity contribution in [2.45, 2.75) is 19.9 Å². The molecule has 1 aromatic heterocycles. The maximum Gasteiger partial charge on any atom is 0.324 e. The first-order valence-corrected chi connectivity index (χ1v) is 5.05. The molecule has 0 radical (unpaired) electrons. The molecule has 1 heterocycles. The van der Waals surface area contributed by atoms with Crippen LogP contribution in [0.5, 0.6) is 0 Å². The SMILES string of the molecule is CC(C)N(CC(=O)O)C(=O)Nc1ncnn1C. The third-order valence-electron chi connectivity index (χ3n) is 2.12. The van der Waals surface area contributed by atoms with E-state index in [0.29, 0.717) is 0 Å². The standard InChI is InChI=1S/C9H15N5O3/c1-6(2)14(4-7(15)16)9(17)12-8-10-5-11-13(8)3/h5-6H,4H2,1-3H3,(H,15,16)(H,10,11,12,17). The predicted molar refractivity (Wildman–Crippen MR) is 59.5 cm³/mol. The summed E-state index contributed by atoms with van der Waals surface area (Å²) in [6, 6.07) is -0.738. The number of carboxylic acids is 1. The molecule has 1 rings (SSSR count). The van der Waals surface area contributed by atoms with E-state index in [1.807, 2.05) is 0 Å². The lowest BCUT2D eigenvalue weighted by atomic mass is 10.3. The number of carboxylic acid groups (broad SMARTS) is 1. The Kier molecular flexibility index (Phi) is 4.02. The maximum atomic E-state index is 11.8. The van der Waals surface area contributed by atoms with Crippen molar-refractivity contribution >= 4 is 17.9 Å². The summed E-state index contributed by atoms with van der Waals surface area (Å²) in [5.74, 6) is -0.794. The van der Waals surface area contributed by atoms with Gasteiger partial charge in [0.2, 0.25) is 5.95 Å². The normalized spacial score (nSPS) is 10.4. The molecular weight excluding hydrogens is 226 g/mol. The molecular formula is C9H15N5O3. The number of aryl methyl sites for hydroxylation is 1. The van der Waals surface area contributed by atoms with E-state index < -0.39 is 12.0 Å². The van der Waals surface area contributed by atoms with Crippen LogP contribution in [0.15, 0.2) is 6.33 Å². The van der Waals surface area contributed by atoms with Gasteiger partial charge in [0.25, 0.3) is 0 Å². The quantitative estimate of drug-likeness (QED) is 0.781. The summed E-state index contributed by atoms with van der Waals surface area (Å²) in [5.41, 5.74) is 0. The second-order valence-electron chi connectivity index (χ2n) is 3.75. The summed E-state index contributed by atoms with van der Waals surface area (Å²) in [7, 11) is 1.62. The van der Waals surface area contributed by atoms with Crippen molar-refractivity contribution in [1.29, 1.82) is 0 Å². The summed E-state index contributed by atoms with van der Waals surface area (Å²) in [6.45, 7) is 3.11. The number of hydrogen-bond acceptors (Lipinski definition) is 4. The Balaban J connectivity index is 2.72. The molecule has 8 heteroatoms. The lowest BCUT2D eigenvalue weighted by molar-refractivity contribution is -0.137. The van der Waals surface area contributed by atoms with Gasteiger partial charge in [-0.15, -0.1) is 0 Å². The average Bonchev–Trinajstić information content (AvgIpc) is 2.60. The summed E-state index contributed by atoms with van der Waals surface area (Å²) in [5, 5.41) is 15.0. The van der Waals surface area contributed by atoms with Crippen LogP contribution in [0.25, 0.3) is 0 Å². The Morgan fingerprint density at radius 1 is 1.59 bits per heavy atom. The van der Waals surface area contributed by atoms with Crippen LogP contribution in [0.2, 0.25) is 0 Å². The zero-order valence-electron chi connectivity index (χ0n) is 9.91. The van der Waals surface area contributed by atoms with Gasteiger partial charge in [0.15, 0.2) is 0 Å². The molecule has 0 spiro atoms. The van der Waals surface area contributed by atoms with Gasteiger partial charge in [0, 0.05) is 13.1 Å². The number of urea groups is 1. The zero-order valence-corrected chi connectivity index (χ0v) is 9.91. The van der Waals surface area contributed by atoms with E-state index in [4.69, 9.17) is 5.11 Å². The summed E-state index contributed by atoms with van der Waals surface area (Å²) in [6.07, 6.45) is 1.30. The highest BCUT2D eigenvalue weighted by Gasteiger charge is 2.20. The van der Waals surface area contributed by atoms with Crippen LogP contribution in [-0.4, -0.2) is 49.4 Å². The summed E-state index contributed by atoms with van der Waals surface area (Å²) in [4.78, 5) is 27.5. The number of aromatic nitrogens is 3. The fourth-order valence-electron chi connectivity index (χ4n) is 1.21. The minimum atomic E-state index is -1.06. The largest absolute Gasteiger partial charge is 0.480 e. The first-order chi connectivity index (χ1) is 7.91. The van der Waals surface area contributed by atoms with E-state index in [-0.39, 0.29) is 18.5 Å². The van der Waals surface area contributed by atoms with Crippen molar-refractivity contribution in [3.05, 3.63) is 6.33 Å². The zero-order chi connectivity index (χ0) is 13.0. The van der Waals surface area contributed by atoms with Gasteiger partial charge in [0.05, 0.1) is 0 Å². The van der Waals surface area contributed by atoms with Crippen LogP contribution < -0.4 is 5.32 Å². The third-order valence-corrected chi connectivity index (χ3v) is 2.12. The number of nitrogens with zero attached hydrogens (tertiary/aromatic N) is 4. The number of hydrogen-bond donors (Lipinski definition) is 2. The van der Waals surface area contributed by atoms with E-state index >= 15 is 0 Å². The number of nitrogens with one attached hydrogen (secondary N) is 1. The molecule has 0 aromatic carbocycles. The van der Waals surface area contributed by atoms with Gasteiger partial charge < -0.3 is 10.0 Å². The number of amides is 2. The summed E-state index contributed by atoms with van der Waals surface area (Å²) >= 11 is 0. The molecule has 2 N–H and O–H groups in total. The second-order valence-corrected chi connectivity index (χ2v) is 3.75. The van der Waals surface area contributed by atoms with Crippen LogP contribution in [-0.2, 0) is 11.8 Å². The van der Waals surface area contributed by atoms with Crippen molar-refractivity contribution in [3.8, 4) is 0 Å². The van der Waals surface area contributed by atoms with Crippen LogP contribution in [0.3, 0.4) is 0 Å². The molecule has 0 saturated carbocycles. The molecule has 0 aliphatic heterocycles. The molecule has 94 valence electrons. The van der Waals surface area contributed by atoms with Crippen molar-refractivity contribution in [2.75, 3.05) is 11.9 Å². The molecule has 0 fully saturated rings. The molecule has 1 aromatic rings. The average molecular weight is 241 g/mol. The van der Waals surface area contributed by atoms with Crippen LogP contribution in [0.1, 0.15) is 13.8 Å². The van der Waals surface area contributed by atoms with Gasteiger partial charge in [-0.05, 0) is 13.8 Å². The number of rotatable bonds is 4. The maximum absolute atomic E-state index is 11.8. The lowest BCUT2D eigenvalue weighted by Gasteiger charge is -2.24. The molecule has 0 aliphatic rings. The Labute approximate surface area is 98.2 Å². The monoisotopic (exact) mass is 241 g/mol. The molecule has 0 bridgehead atoms. The molecule has 0 atom stereocenters. The van der Waals surface area contributed by atoms with Crippen molar-refractivity contribution in [1.82, 2.24) is 19.7 Å². The molecule has 2 amide bonds. The van der Waals surface area contributed by atoms with Gasteiger partial charge in [0.1, 0.15) is 12.9 Å². The van der Waals surface area contributed by atoms with E-state index in [1.54, 1.807) is 20.9 Å². The van der Waals surface area contributed by atoms with Crippen molar-refractivity contribution in [3.63, 3.8) is 0 Å². The van der Waals surface area contributed by atoms with E-state index in [1.165, 1.54) is 15.9 Å². The minimum absolute atomic E-state index is 0.223. The number of anilines is 1. The summed E-state index contributed by atoms with van der Waals surface area (Å²) < 4.78 is 1.39. The third kappa shape index (κ3) is 3.44. The highest BCUT2D eigenvalue weighted by atomic mass is 16.4. The van der Waals surface area contributed by atoms with Crippen molar-refractivity contribution in [2.24, 2.45) is 7.05 Å². The Morgan fingerprint density at radius 3 is 2.65 bits per heavy atom.